The van der Waals surface area contributed by atoms with Gasteiger partial charge in [0, 0.05) is 37.2 Å². The van der Waals surface area contributed by atoms with Crippen LogP contribution < -0.4 is 10.6 Å². The van der Waals surface area contributed by atoms with E-state index in [0.717, 1.165) is 56.6 Å². The summed E-state index contributed by atoms with van der Waals surface area (Å²) in [5.74, 6) is 1.99. The third-order valence-corrected chi connectivity index (χ3v) is 5.36. The number of aromatic nitrogens is 1. The van der Waals surface area contributed by atoms with E-state index in [2.05, 4.69) is 34.5 Å². The Morgan fingerprint density at radius 3 is 2.71 bits per heavy atom. The Balaban J connectivity index is 0.00000288. The van der Waals surface area contributed by atoms with Crippen LogP contribution in [0.25, 0.3) is 0 Å². The first kappa shape index (κ1) is 21.5. The molecule has 2 heterocycles. The Kier molecular flexibility index (Phi) is 10.7. The Morgan fingerprint density at radius 2 is 2.08 bits per heavy atom. The third-order valence-electron chi connectivity index (χ3n) is 3.90. The number of thioether (sulfide) groups is 1. The Hall–Kier alpha value is -0.540. The molecule has 136 valence electrons. The number of guanidine groups is 1. The van der Waals surface area contributed by atoms with Crippen molar-refractivity contribution in [3.8, 4) is 0 Å². The molecular weight excluding hydrogens is 435 g/mol. The number of nitrogens with one attached hydrogen (secondary N) is 2. The van der Waals surface area contributed by atoms with Crippen LogP contribution in [0.15, 0.2) is 29.4 Å². The fourth-order valence-electron chi connectivity index (χ4n) is 2.66. The second kappa shape index (κ2) is 11.9. The van der Waals surface area contributed by atoms with Crippen molar-refractivity contribution in [3.05, 3.63) is 30.1 Å². The molecule has 0 spiro atoms. The summed E-state index contributed by atoms with van der Waals surface area (Å²) in [6, 6.07) is 5.92. The largest absolute Gasteiger partial charge is 0.381 e. The van der Waals surface area contributed by atoms with Crippen molar-refractivity contribution in [1.29, 1.82) is 0 Å². The summed E-state index contributed by atoms with van der Waals surface area (Å²) in [5.41, 5.74) is 0.980. The van der Waals surface area contributed by atoms with Gasteiger partial charge in [-0.05, 0) is 37.7 Å². The number of nitrogens with zero attached hydrogens (tertiary/aromatic N) is 2. The molecule has 0 unspecified atom stereocenters. The first-order valence-electron chi connectivity index (χ1n) is 8.42. The molecule has 5 nitrogen and oxygen atoms in total. The van der Waals surface area contributed by atoms with E-state index < -0.39 is 0 Å². The van der Waals surface area contributed by atoms with Crippen LogP contribution >= 0.6 is 35.7 Å². The second-order valence-corrected chi connectivity index (χ2v) is 7.33. The van der Waals surface area contributed by atoms with Crippen LogP contribution in [-0.2, 0) is 11.3 Å². The van der Waals surface area contributed by atoms with E-state index in [1.165, 1.54) is 0 Å². The fraction of sp³-hybridized carbons (Fsp3) is 0.647. The maximum absolute atomic E-state index is 5.54. The van der Waals surface area contributed by atoms with Crippen molar-refractivity contribution >= 4 is 41.7 Å². The maximum Gasteiger partial charge on any atom is 0.191 e. The van der Waals surface area contributed by atoms with Gasteiger partial charge in [-0.3, -0.25) is 4.98 Å². The highest BCUT2D eigenvalue weighted by Crippen LogP contribution is 2.34. The smallest absolute Gasteiger partial charge is 0.191 e. The number of pyridine rings is 1. The van der Waals surface area contributed by atoms with Gasteiger partial charge in [-0.2, -0.15) is 11.8 Å². The minimum absolute atomic E-state index is 0. The predicted molar refractivity (Wildman–Crippen MR) is 113 cm³/mol. The lowest BCUT2D eigenvalue weighted by Gasteiger charge is -2.37. The fourth-order valence-corrected chi connectivity index (χ4v) is 3.90. The van der Waals surface area contributed by atoms with Gasteiger partial charge in [-0.1, -0.05) is 13.0 Å². The number of halogens is 1. The Morgan fingerprint density at radius 1 is 1.29 bits per heavy atom. The second-order valence-electron chi connectivity index (χ2n) is 5.60. The highest BCUT2D eigenvalue weighted by Gasteiger charge is 2.32. The molecule has 0 bridgehead atoms. The number of rotatable bonds is 7. The summed E-state index contributed by atoms with van der Waals surface area (Å²) in [4.78, 5) is 8.97. The molecule has 7 heteroatoms. The quantitative estimate of drug-likeness (QED) is 0.369. The Labute approximate surface area is 166 Å². The minimum Gasteiger partial charge on any atom is -0.381 e. The average molecular weight is 464 g/mol. The zero-order valence-corrected chi connectivity index (χ0v) is 17.7. The lowest BCUT2D eigenvalue weighted by atomic mass is 9.99. The first-order valence-corrected chi connectivity index (χ1v) is 9.40. The van der Waals surface area contributed by atoms with Crippen LogP contribution in [0.1, 0.15) is 32.4 Å². The van der Waals surface area contributed by atoms with E-state index in [9.17, 15) is 0 Å². The van der Waals surface area contributed by atoms with Crippen molar-refractivity contribution in [2.24, 2.45) is 4.99 Å². The van der Waals surface area contributed by atoms with Gasteiger partial charge in [0.25, 0.3) is 0 Å². The normalized spacial score (nSPS) is 17.0. The maximum atomic E-state index is 5.54. The average Bonchev–Trinajstić information content (AvgIpc) is 2.59. The van der Waals surface area contributed by atoms with Crippen molar-refractivity contribution in [3.63, 3.8) is 0 Å². The van der Waals surface area contributed by atoms with Crippen LogP contribution in [-0.4, -0.2) is 47.7 Å². The zero-order valence-electron chi connectivity index (χ0n) is 14.6. The summed E-state index contributed by atoms with van der Waals surface area (Å²) in [6.45, 7) is 8.39. The van der Waals surface area contributed by atoms with Gasteiger partial charge in [0.1, 0.15) is 0 Å². The van der Waals surface area contributed by atoms with Gasteiger partial charge in [0.05, 0.1) is 12.2 Å². The van der Waals surface area contributed by atoms with Crippen LogP contribution in [0.3, 0.4) is 0 Å². The van der Waals surface area contributed by atoms with E-state index in [0.29, 0.717) is 6.54 Å². The molecule has 1 aromatic heterocycles. The summed E-state index contributed by atoms with van der Waals surface area (Å²) >= 11 is 2.04. The summed E-state index contributed by atoms with van der Waals surface area (Å²) in [7, 11) is 0. The zero-order chi connectivity index (χ0) is 16.4. The summed E-state index contributed by atoms with van der Waals surface area (Å²) in [5, 5.41) is 6.84. The molecule has 2 rings (SSSR count). The van der Waals surface area contributed by atoms with E-state index in [1.54, 1.807) is 6.20 Å². The monoisotopic (exact) mass is 464 g/mol. The summed E-state index contributed by atoms with van der Waals surface area (Å²) < 4.78 is 5.79. The van der Waals surface area contributed by atoms with E-state index >= 15 is 0 Å². The molecule has 1 fully saturated rings. The molecule has 0 aliphatic carbocycles. The number of ether oxygens (including phenoxy) is 1. The predicted octanol–water partition coefficient (Wildman–Crippen LogP) is 3.06. The molecule has 24 heavy (non-hydrogen) atoms. The molecule has 1 aliphatic heterocycles. The van der Waals surface area contributed by atoms with Crippen LogP contribution in [0.2, 0.25) is 0 Å². The molecular formula is C17H29IN4OS. The van der Waals surface area contributed by atoms with Crippen LogP contribution in [0.5, 0.6) is 0 Å². The van der Waals surface area contributed by atoms with Gasteiger partial charge in [0.2, 0.25) is 0 Å². The summed E-state index contributed by atoms with van der Waals surface area (Å²) in [6.07, 6.45) is 4.00. The SMILES string of the molecule is CCNC(=NCc1ccccn1)NCC1(SCC)CCOCC1.I. The van der Waals surface area contributed by atoms with Gasteiger partial charge >= 0.3 is 0 Å². The number of aliphatic imine (C=N–C) groups is 1. The van der Waals surface area contributed by atoms with Gasteiger partial charge in [0.15, 0.2) is 5.96 Å². The van der Waals surface area contributed by atoms with Crippen molar-refractivity contribution in [2.75, 3.05) is 32.1 Å². The highest BCUT2D eigenvalue weighted by atomic mass is 127. The van der Waals surface area contributed by atoms with Crippen molar-refractivity contribution < 1.29 is 4.74 Å². The first-order chi connectivity index (χ1) is 11.3. The topological polar surface area (TPSA) is 58.5 Å². The molecule has 0 radical (unpaired) electrons. The third kappa shape index (κ3) is 7.14. The van der Waals surface area contributed by atoms with Crippen molar-refractivity contribution in [2.45, 2.75) is 38.0 Å². The van der Waals surface area contributed by atoms with E-state index in [-0.39, 0.29) is 28.7 Å². The van der Waals surface area contributed by atoms with Gasteiger partial charge in [-0.25, -0.2) is 4.99 Å². The molecule has 0 atom stereocenters. The number of hydrogen-bond acceptors (Lipinski definition) is 4. The van der Waals surface area contributed by atoms with E-state index in [1.807, 2.05) is 30.0 Å². The molecule has 0 amide bonds. The Bertz CT molecular complexity index is 475. The minimum atomic E-state index is 0. The molecule has 1 saturated heterocycles. The van der Waals surface area contributed by atoms with Gasteiger partial charge < -0.3 is 15.4 Å². The van der Waals surface area contributed by atoms with E-state index in [4.69, 9.17) is 4.74 Å². The van der Waals surface area contributed by atoms with Gasteiger partial charge in [-0.15, -0.1) is 24.0 Å². The number of hydrogen-bond donors (Lipinski definition) is 2. The van der Waals surface area contributed by atoms with Crippen LogP contribution in [0.4, 0.5) is 0 Å². The molecule has 1 aliphatic rings. The molecule has 2 N–H and O–H groups in total. The van der Waals surface area contributed by atoms with Crippen LogP contribution in [0, 0.1) is 0 Å². The van der Waals surface area contributed by atoms with Crippen molar-refractivity contribution in [1.82, 2.24) is 15.6 Å². The standard InChI is InChI=1S/C17H28N4OS.HI/c1-3-18-16(20-13-15-7-5-6-10-19-15)21-14-17(23-4-2)8-11-22-12-9-17;/h5-7,10H,3-4,8-9,11-14H2,1-2H3,(H2,18,20,21);1H. The molecule has 0 saturated carbocycles. The lowest BCUT2D eigenvalue weighted by Crippen LogP contribution is -2.48. The molecule has 1 aromatic rings. The molecule has 0 aromatic carbocycles. The highest BCUT2D eigenvalue weighted by molar-refractivity contribution is 14.0. The lowest BCUT2D eigenvalue weighted by molar-refractivity contribution is 0.0782.